The van der Waals surface area contributed by atoms with Crippen molar-refractivity contribution < 1.29 is 29.2 Å². The molecule has 4 unspecified atom stereocenters. The van der Waals surface area contributed by atoms with Crippen LogP contribution in [0.4, 0.5) is 0 Å². The lowest BCUT2D eigenvalue weighted by molar-refractivity contribution is -0.329. The molecule has 0 radical (unpaired) electrons. The highest BCUT2D eigenvalue weighted by molar-refractivity contribution is 5.71. The summed E-state index contributed by atoms with van der Waals surface area (Å²) in [5, 5.41) is 21.1. The first kappa shape index (κ1) is 23.5. The number of rotatable bonds is 4. The molecular weight excluding hydrogens is 396 g/mol. The Morgan fingerprint density at radius 1 is 1.03 bits per heavy atom. The highest BCUT2D eigenvalue weighted by Crippen LogP contribution is 2.71. The SMILES string of the molecule is CC(C)C(=O)O[C@H]1[C@H](O[C@]2(C)CCC3C(C4C2CC[C@H]4C)C3(C)C)O[C@H](C)[C@H](O)[C@@H]1O. The van der Waals surface area contributed by atoms with Gasteiger partial charge in [0.15, 0.2) is 12.4 Å². The van der Waals surface area contributed by atoms with E-state index in [1.54, 1.807) is 20.8 Å². The predicted molar refractivity (Wildman–Crippen MR) is 116 cm³/mol. The summed E-state index contributed by atoms with van der Waals surface area (Å²) in [6, 6.07) is 0. The van der Waals surface area contributed by atoms with Crippen molar-refractivity contribution in [2.24, 2.45) is 40.9 Å². The van der Waals surface area contributed by atoms with Crippen LogP contribution in [0.3, 0.4) is 0 Å². The number of esters is 1. The standard InChI is InChI=1S/C25H42O6/c1-12(2)22(28)30-21-20(27)19(26)14(4)29-23(21)31-25(7)11-10-16-18(24(16,5)6)17-13(3)8-9-15(17)25/h12-21,23,26-27H,8-11H2,1-7H3/t13-,14-,15?,16?,17?,18?,19+,20+,21-,23+,25-/m1/s1. The first-order chi connectivity index (χ1) is 14.4. The van der Waals surface area contributed by atoms with E-state index in [4.69, 9.17) is 14.2 Å². The molecule has 178 valence electrons. The van der Waals surface area contributed by atoms with Crippen LogP contribution in [-0.2, 0) is 19.0 Å². The summed E-state index contributed by atoms with van der Waals surface area (Å²) in [7, 11) is 0. The van der Waals surface area contributed by atoms with Crippen LogP contribution < -0.4 is 0 Å². The van der Waals surface area contributed by atoms with Gasteiger partial charge in [0.2, 0.25) is 0 Å². The van der Waals surface area contributed by atoms with Gasteiger partial charge < -0.3 is 24.4 Å². The molecule has 6 nitrogen and oxygen atoms in total. The van der Waals surface area contributed by atoms with Gasteiger partial charge in [0.1, 0.15) is 12.2 Å². The Balaban J connectivity index is 1.58. The third-order valence-corrected chi connectivity index (χ3v) is 9.24. The molecule has 3 saturated carbocycles. The van der Waals surface area contributed by atoms with Crippen LogP contribution in [0.2, 0.25) is 0 Å². The molecular formula is C25H42O6. The van der Waals surface area contributed by atoms with Crippen LogP contribution in [0.1, 0.15) is 74.1 Å². The summed E-state index contributed by atoms with van der Waals surface area (Å²) in [6.45, 7) is 14.6. The summed E-state index contributed by atoms with van der Waals surface area (Å²) in [6.07, 6.45) is -0.496. The highest BCUT2D eigenvalue weighted by atomic mass is 16.7. The largest absolute Gasteiger partial charge is 0.454 e. The zero-order valence-electron chi connectivity index (χ0n) is 20.2. The van der Waals surface area contributed by atoms with E-state index in [2.05, 4.69) is 27.7 Å². The number of aliphatic hydroxyl groups is 2. The van der Waals surface area contributed by atoms with Gasteiger partial charge in [-0.3, -0.25) is 4.79 Å². The summed E-state index contributed by atoms with van der Waals surface area (Å²) < 4.78 is 18.3. The second-order valence-corrected chi connectivity index (χ2v) is 11.9. The molecule has 2 N–H and O–H groups in total. The van der Waals surface area contributed by atoms with Gasteiger partial charge in [-0.2, -0.15) is 0 Å². The molecule has 6 heteroatoms. The van der Waals surface area contributed by atoms with Crippen LogP contribution in [0.5, 0.6) is 0 Å². The monoisotopic (exact) mass is 438 g/mol. The Kier molecular flexibility index (Phi) is 6.03. The molecule has 0 aromatic carbocycles. The Morgan fingerprint density at radius 2 is 1.71 bits per heavy atom. The van der Waals surface area contributed by atoms with Crippen molar-refractivity contribution in [3.63, 3.8) is 0 Å². The third-order valence-electron chi connectivity index (χ3n) is 9.24. The van der Waals surface area contributed by atoms with Gasteiger partial charge in [0.05, 0.1) is 17.6 Å². The van der Waals surface area contributed by atoms with Gasteiger partial charge in [0.25, 0.3) is 0 Å². The molecule has 31 heavy (non-hydrogen) atoms. The highest BCUT2D eigenvalue weighted by Gasteiger charge is 2.67. The Bertz CT molecular complexity index is 691. The minimum Gasteiger partial charge on any atom is -0.454 e. The Labute approximate surface area is 187 Å². The molecule has 1 heterocycles. The second-order valence-electron chi connectivity index (χ2n) is 11.9. The van der Waals surface area contributed by atoms with Gasteiger partial charge in [-0.05, 0) is 68.1 Å². The molecule has 1 saturated heterocycles. The first-order valence-electron chi connectivity index (χ1n) is 12.3. The molecule has 4 fully saturated rings. The fraction of sp³-hybridized carbons (Fsp3) is 0.960. The van der Waals surface area contributed by atoms with Gasteiger partial charge in [-0.1, -0.05) is 41.0 Å². The maximum atomic E-state index is 12.3. The Morgan fingerprint density at radius 3 is 2.35 bits per heavy atom. The zero-order chi connectivity index (χ0) is 22.9. The van der Waals surface area contributed by atoms with Gasteiger partial charge in [0, 0.05) is 0 Å². The molecule has 1 aliphatic heterocycles. The smallest absolute Gasteiger partial charge is 0.308 e. The number of hydrogen-bond acceptors (Lipinski definition) is 6. The van der Waals surface area contributed by atoms with E-state index in [0.717, 1.165) is 31.1 Å². The van der Waals surface area contributed by atoms with Crippen molar-refractivity contribution in [2.45, 2.75) is 110 Å². The quantitative estimate of drug-likeness (QED) is 0.653. The van der Waals surface area contributed by atoms with Gasteiger partial charge >= 0.3 is 5.97 Å². The minimum atomic E-state index is -1.24. The summed E-state index contributed by atoms with van der Waals surface area (Å²) in [4.78, 5) is 12.3. The molecule has 0 spiro atoms. The fourth-order valence-corrected chi connectivity index (χ4v) is 7.17. The topological polar surface area (TPSA) is 85.2 Å². The fourth-order valence-electron chi connectivity index (χ4n) is 7.17. The van der Waals surface area contributed by atoms with Crippen molar-refractivity contribution in [1.82, 2.24) is 0 Å². The van der Waals surface area contributed by atoms with E-state index in [9.17, 15) is 15.0 Å². The maximum Gasteiger partial charge on any atom is 0.308 e. The molecule has 0 aromatic rings. The molecule has 3 aliphatic carbocycles. The summed E-state index contributed by atoms with van der Waals surface area (Å²) in [5.41, 5.74) is 0.00213. The number of aliphatic hydroxyl groups excluding tert-OH is 2. The van der Waals surface area contributed by atoms with E-state index in [-0.39, 0.29) is 5.92 Å². The van der Waals surface area contributed by atoms with E-state index >= 15 is 0 Å². The van der Waals surface area contributed by atoms with Crippen molar-refractivity contribution in [2.75, 3.05) is 0 Å². The number of carbonyl (C=O) groups is 1. The van der Waals surface area contributed by atoms with Crippen LogP contribution in [-0.4, -0.2) is 52.5 Å². The zero-order valence-corrected chi connectivity index (χ0v) is 20.2. The normalized spacial score (nSPS) is 51.0. The number of carbonyl (C=O) groups excluding carboxylic acids is 1. The predicted octanol–water partition coefficient (Wildman–Crippen LogP) is 3.52. The molecule has 0 aromatic heterocycles. The minimum absolute atomic E-state index is 0.341. The van der Waals surface area contributed by atoms with E-state index in [1.807, 2.05) is 0 Å². The van der Waals surface area contributed by atoms with Crippen molar-refractivity contribution in [3.8, 4) is 0 Å². The van der Waals surface area contributed by atoms with E-state index in [0.29, 0.717) is 23.2 Å². The number of ether oxygens (including phenoxy) is 3. The first-order valence-corrected chi connectivity index (χ1v) is 12.3. The average Bonchev–Trinajstić information content (AvgIpc) is 3.06. The molecule has 0 amide bonds. The van der Waals surface area contributed by atoms with Crippen molar-refractivity contribution in [1.29, 1.82) is 0 Å². The third kappa shape index (κ3) is 3.85. The van der Waals surface area contributed by atoms with E-state index < -0.39 is 42.3 Å². The van der Waals surface area contributed by atoms with Crippen LogP contribution in [0, 0.1) is 40.9 Å². The van der Waals surface area contributed by atoms with Crippen molar-refractivity contribution >= 4 is 5.97 Å². The number of hydrogen-bond donors (Lipinski definition) is 2. The average molecular weight is 439 g/mol. The van der Waals surface area contributed by atoms with Crippen LogP contribution in [0.15, 0.2) is 0 Å². The summed E-state index contributed by atoms with van der Waals surface area (Å²) in [5.74, 6) is 2.43. The number of fused-ring (bicyclic) bond motifs is 3. The van der Waals surface area contributed by atoms with Crippen LogP contribution >= 0.6 is 0 Å². The van der Waals surface area contributed by atoms with Crippen molar-refractivity contribution in [3.05, 3.63) is 0 Å². The molecule has 4 rings (SSSR count). The lowest BCUT2D eigenvalue weighted by Crippen LogP contribution is -2.61. The summed E-state index contributed by atoms with van der Waals surface area (Å²) >= 11 is 0. The lowest BCUT2D eigenvalue weighted by Gasteiger charge is -2.47. The van der Waals surface area contributed by atoms with E-state index in [1.165, 1.54) is 6.42 Å². The van der Waals surface area contributed by atoms with Gasteiger partial charge in [-0.25, -0.2) is 0 Å². The van der Waals surface area contributed by atoms with Gasteiger partial charge in [-0.15, -0.1) is 0 Å². The second kappa shape index (κ2) is 7.96. The van der Waals surface area contributed by atoms with Crippen LogP contribution in [0.25, 0.3) is 0 Å². The maximum absolute atomic E-state index is 12.3. The Hall–Kier alpha value is -0.690. The molecule has 11 atom stereocenters. The lowest BCUT2D eigenvalue weighted by atomic mass is 9.74. The molecule has 4 aliphatic rings. The molecule has 0 bridgehead atoms.